The molecule has 0 spiro atoms. The monoisotopic (exact) mass is 207 g/mol. The third-order valence-corrected chi connectivity index (χ3v) is 1.21. The molecule has 1 rings (SSSR count). The average molecular weight is 207 g/mol. The summed E-state index contributed by atoms with van der Waals surface area (Å²) < 4.78 is 5.85. The molecule has 0 saturated heterocycles. The van der Waals surface area contributed by atoms with Crippen LogP contribution in [0.1, 0.15) is 5.76 Å². The summed E-state index contributed by atoms with van der Waals surface area (Å²) in [5.41, 5.74) is 0. The summed E-state index contributed by atoms with van der Waals surface area (Å²) in [6.45, 7) is 3.57. The molecule has 0 aromatic carbocycles. The number of furan rings is 1. The summed E-state index contributed by atoms with van der Waals surface area (Å²) in [6, 6.07) is 3.71. The van der Waals surface area contributed by atoms with E-state index in [1.807, 2.05) is 12.1 Å². The number of rotatable bonds is 0. The molecule has 0 aliphatic rings. The summed E-state index contributed by atoms with van der Waals surface area (Å²) in [6.07, 6.45) is 0. The smallest absolute Gasteiger partial charge is 0.163 e. The molecule has 7 heavy (non-hydrogen) atoms. The van der Waals surface area contributed by atoms with Gasteiger partial charge in [-0.3, -0.25) is 0 Å². The van der Waals surface area contributed by atoms with Crippen molar-refractivity contribution in [2.24, 2.45) is 0 Å². The predicted octanol–water partition coefficient (Wildman–Crippen LogP) is 2.07. The molecule has 0 amide bonds. The second-order valence-electron chi connectivity index (χ2n) is 1.21. The molecule has 0 unspecified atom stereocenters. The highest BCUT2D eigenvalue weighted by Crippen LogP contribution is 2.07. The Hall–Kier alpha value is 0.01000. The second kappa shape index (κ2) is 1.86. The van der Waals surface area contributed by atoms with Crippen molar-refractivity contribution < 1.29 is 4.42 Å². The molecule has 0 saturated carbocycles. The fraction of sp³-hybridized carbons (Fsp3) is 0. The zero-order valence-corrected chi connectivity index (χ0v) is 5.81. The molecule has 0 atom stereocenters. The van der Waals surface area contributed by atoms with Crippen molar-refractivity contribution in [2.75, 3.05) is 0 Å². The quantitative estimate of drug-likeness (QED) is 0.593. The molecule has 1 heterocycles. The van der Waals surface area contributed by atoms with Gasteiger partial charge in [-0.2, -0.15) is 0 Å². The lowest BCUT2D eigenvalue weighted by Gasteiger charge is -1.74. The highest BCUT2D eigenvalue weighted by molar-refractivity contribution is 14.1. The van der Waals surface area contributed by atoms with E-state index in [4.69, 9.17) is 4.42 Å². The first-order chi connectivity index (χ1) is 3.29. The molecule has 0 aliphatic heterocycles. The average Bonchev–Trinajstić information content (AvgIpc) is 1.87. The first kappa shape index (κ1) is 5.15. The number of hydrogen-bond acceptors (Lipinski definition) is 1. The Labute approximate surface area is 55.9 Å². The Balaban J connectivity index is 3.04. The van der Waals surface area contributed by atoms with Crippen LogP contribution < -0.4 is 0 Å². The summed E-state index contributed by atoms with van der Waals surface area (Å²) in [5, 5.41) is 0. The zero-order chi connectivity index (χ0) is 5.28. The van der Waals surface area contributed by atoms with E-state index < -0.39 is 0 Å². The standard InChI is InChI=1S/C5H4IO/c1-4-2-3-5(6)7-4/h2-3H,1H2. The van der Waals surface area contributed by atoms with Crippen molar-refractivity contribution in [3.63, 3.8) is 0 Å². The molecule has 0 N–H and O–H groups in total. The molecule has 2 heteroatoms. The minimum absolute atomic E-state index is 0.726. The zero-order valence-electron chi connectivity index (χ0n) is 3.65. The highest BCUT2D eigenvalue weighted by Gasteiger charge is 1.87. The molecule has 1 aromatic heterocycles. The van der Waals surface area contributed by atoms with E-state index in [2.05, 4.69) is 29.5 Å². The lowest BCUT2D eigenvalue weighted by molar-refractivity contribution is 0.521. The van der Waals surface area contributed by atoms with Crippen LogP contribution in [-0.4, -0.2) is 0 Å². The Kier molecular flexibility index (Phi) is 1.37. The first-order valence-electron chi connectivity index (χ1n) is 1.86. The van der Waals surface area contributed by atoms with Crippen LogP contribution in [0.4, 0.5) is 0 Å². The largest absolute Gasteiger partial charge is 0.455 e. The molecule has 1 radical (unpaired) electrons. The summed E-state index contributed by atoms with van der Waals surface area (Å²) in [5.74, 6) is 0.726. The van der Waals surface area contributed by atoms with E-state index in [9.17, 15) is 0 Å². The van der Waals surface area contributed by atoms with Crippen LogP contribution in [0, 0.1) is 10.7 Å². The fourth-order valence-electron chi connectivity index (χ4n) is 0.352. The van der Waals surface area contributed by atoms with Crippen molar-refractivity contribution in [1.82, 2.24) is 0 Å². The Morgan fingerprint density at radius 3 is 2.43 bits per heavy atom. The van der Waals surface area contributed by atoms with E-state index in [1.54, 1.807) is 0 Å². The predicted molar refractivity (Wildman–Crippen MR) is 35.9 cm³/mol. The van der Waals surface area contributed by atoms with Gasteiger partial charge in [-0.1, -0.05) is 0 Å². The van der Waals surface area contributed by atoms with Gasteiger partial charge in [-0.05, 0) is 34.7 Å². The lowest BCUT2D eigenvalue weighted by atomic mass is 10.5. The van der Waals surface area contributed by atoms with E-state index in [0.29, 0.717) is 0 Å². The SMILES string of the molecule is [CH2]c1ccc(I)o1. The van der Waals surface area contributed by atoms with Crippen LogP contribution in [-0.2, 0) is 0 Å². The summed E-state index contributed by atoms with van der Waals surface area (Å²) in [7, 11) is 0. The number of halogens is 1. The van der Waals surface area contributed by atoms with Gasteiger partial charge in [0.2, 0.25) is 0 Å². The highest BCUT2D eigenvalue weighted by atomic mass is 127. The minimum atomic E-state index is 0.726. The topological polar surface area (TPSA) is 13.1 Å². The lowest BCUT2D eigenvalue weighted by Crippen LogP contribution is -1.52. The van der Waals surface area contributed by atoms with Crippen molar-refractivity contribution in [3.05, 3.63) is 28.6 Å². The molecule has 1 aromatic rings. The fourth-order valence-corrected chi connectivity index (χ4v) is 0.814. The van der Waals surface area contributed by atoms with E-state index in [1.165, 1.54) is 0 Å². The maximum atomic E-state index is 4.96. The van der Waals surface area contributed by atoms with Crippen molar-refractivity contribution in [2.45, 2.75) is 0 Å². The Bertz CT molecular complexity index is 140. The molecule has 0 bridgehead atoms. The van der Waals surface area contributed by atoms with E-state index in [-0.39, 0.29) is 0 Å². The Morgan fingerprint density at radius 2 is 2.29 bits per heavy atom. The Morgan fingerprint density at radius 1 is 1.57 bits per heavy atom. The normalized spacial score (nSPS) is 9.43. The van der Waals surface area contributed by atoms with Crippen LogP contribution in [0.5, 0.6) is 0 Å². The van der Waals surface area contributed by atoms with E-state index >= 15 is 0 Å². The van der Waals surface area contributed by atoms with Crippen molar-refractivity contribution in [1.29, 1.82) is 0 Å². The molecule has 0 fully saturated rings. The van der Waals surface area contributed by atoms with Gasteiger partial charge in [0.15, 0.2) is 3.77 Å². The number of hydrogen-bond donors (Lipinski definition) is 0. The van der Waals surface area contributed by atoms with Gasteiger partial charge >= 0.3 is 0 Å². The second-order valence-corrected chi connectivity index (χ2v) is 2.27. The van der Waals surface area contributed by atoms with Gasteiger partial charge in [0.05, 0.1) is 0 Å². The molecular weight excluding hydrogens is 203 g/mol. The van der Waals surface area contributed by atoms with Crippen LogP contribution in [0.15, 0.2) is 16.5 Å². The molecule has 0 aliphatic carbocycles. The van der Waals surface area contributed by atoms with Crippen LogP contribution >= 0.6 is 22.6 Å². The molecule has 37 valence electrons. The van der Waals surface area contributed by atoms with Crippen molar-refractivity contribution >= 4 is 22.6 Å². The van der Waals surface area contributed by atoms with Crippen molar-refractivity contribution in [3.8, 4) is 0 Å². The van der Waals surface area contributed by atoms with Crippen LogP contribution in [0.2, 0.25) is 0 Å². The van der Waals surface area contributed by atoms with Crippen LogP contribution in [0.3, 0.4) is 0 Å². The molecular formula is C5H4IO. The van der Waals surface area contributed by atoms with Gasteiger partial charge in [0.25, 0.3) is 0 Å². The van der Waals surface area contributed by atoms with Crippen LogP contribution in [0.25, 0.3) is 0 Å². The summed E-state index contributed by atoms with van der Waals surface area (Å²) in [4.78, 5) is 0. The van der Waals surface area contributed by atoms with Gasteiger partial charge in [-0.15, -0.1) is 0 Å². The van der Waals surface area contributed by atoms with Gasteiger partial charge in [-0.25, -0.2) is 0 Å². The maximum absolute atomic E-state index is 4.96. The minimum Gasteiger partial charge on any atom is -0.455 e. The third kappa shape index (κ3) is 1.19. The summed E-state index contributed by atoms with van der Waals surface area (Å²) >= 11 is 2.09. The van der Waals surface area contributed by atoms with E-state index in [0.717, 1.165) is 9.53 Å². The van der Waals surface area contributed by atoms with Gasteiger partial charge < -0.3 is 4.42 Å². The maximum Gasteiger partial charge on any atom is 0.163 e. The first-order valence-corrected chi connectivity index (χ1v) is 2.94. The van der Waals surface area contributed by atoms with Gasteiger partial charge in [0.1, 0.15) is 5.76 Å². The molecule has 1 nitrogen and oxygen atoms in total. The van der Waals surface area contributed by atoms with Gasteiger partial charge in [0, 0.05) is 6.92 Å². The third-order valence-electron chi connectivity index (χ3n) is 0.629.